The van der Waals surface area contributed by atoms with Gasteiger partial charge in [0, 0.05) is 5.56 Å². The van der Waals surface area contributed by atoms with Gasteiger partial charge in [0.2, 0.25) is 0 Å². The molecule has 28 heavy (non-hydrogen) atoms. The van der Waals surface area contributed by atoms with E-state index >= 15 is 0 Å². The van der Waals surface area contributed by atoms with Crippen LogP contribution in [0.5, 0.6) is 5.75 Å². The highest BCUT2D eigenvalue weighted by Gasteiger charge is 2.19. The predicted octanol–water partition coefficient (Wildman–Crippen LogP) is 7.22. The van der Waals surface area contributed by atoms with Crippen molar-refractivity contribution in [3.63, 3.8) is 0 Å². The van der Waals surface area contributed by atoms with Gasteiger partial charge in [-0.1, -0.05) is 56.7 Å². The fraction of sp³-hybridized carbons (Fsp3) is 0.250. The molecule has 0 aliphatic rings. The molecule has 0 fully saturated rings. The molecule has 3 rings (SSSR count). The zero-order valence-corrected chi connectivity index (χ0v) is 15.9. The van der Waals surface area contributed by atoms with Gasteiger partial charge in [-0.25, -0.2) is 13.2 Å². The molecular weight excluding hydrogens is 361 g/mol. The quantitative estimate of drug-likeness (QED) is 0.294. The second kappa shape index (κ2) is 8.96. The van der Waals surface area contributed by atoms with E-state index in [9.17, 15) is 13.2 Å². The van der Waals surface area contributed by atoms with E-state index in [0.29, 0.717) is 35.3 Å². The van der Waals surface area contributed by atoms with Crippen molar-refractivity contribution in [2.45, 2.75) is 32.6 Å². The summed E-state index contributed by atoms with van der Waals surface area (Å²) >= 11 is 0. The molecule has 0 amide bonds. The first-order valence-electron chi connectivity index (χ1n) is 9.50. The van der Waals surface area contributed by atoms with Gasteiger partial charge >= 0.3 is 0 Å². The van der Waals surface area contributed by atoms with E-state index in [1.54, 1.807) is 42.5 Å². The van der Waals surface area contributed by atoms with Crippen molar-refractivity contribution in [3.8, 4) is 16.9 Å². The van der Waals surface area contributed by atoms with E-state index in [4.69, 9.17) is 4.74 Å². The summed E-state index contributed by atoms with van der Waals surface area (Å²) in [6, 6.07) is 11.5. The molecule has 0 aromatic heterocycles. The fourth-order valence-electron chi connectivity index (χ4n) is 3.28. The van der Waals surface area contributed by atoms with Gasteiger partial charge in [-0.3, -0.25) is 0 Å². The largest absolute Gasteiger partial charge is 0.490 e. The highest BCUT2D eigenvalue weighted by atomic mass is 19.2. The molecule has 4 heteroatoms. The Morgan fingerprint density at radius 3 is 2.36 bits per heavy atom. The predicted molar refractivity (Wildman–Crippen MR) is 108 cm³/mol. The van der Waals surface area contributed by atoms with Crippen molar-refractivity contribution < 1.29 is 17.9 Å². The average Bonchev–Trinajstić information content (AvgIpc) is 2.71. The summed E-state index contributed by atoms with van der Waals surface area (Å²) in [6.45, 7) is 6.00. The molecule has 0 saturated carbocycles. The average molecular weight is 384 g/mol. The molecule has 3 aromatic carbocycles. The maximum Gasteiger partial charge on any atom is 0.170 e. The number of hydrogen-bond acceptors (Lipinski definition) is 1. The van der Waals surface area contributed by atoms with Gasteiger partial charge in [0.1, 0.15) is 18.2 Å². The number of benzene rings is 3. The van der Waals surface area contributed by atoms with Crippen molar-refractivity contribution in [2.75, 3.05) is 6.61 Å². The number of rotatable bonds is 8. The van der Waals surface area contributed by atoms with Gasteiger partial charge in [0.15, 0.2) is 11.6 Å². The summed E-state index contributed by atoms with van der Waals surface area (Å²) in [4.78, 5) is 0. The lowest BCUT2D eigenvalue weighted by Gasteiger charge is -2.12. The molecule has 0 radical (unpaired) electrons. The first-order chi connectivity index (χ1) is 13.6. The third kappa shape index (κ3) is 4.06. The first-order valence-corrected chi connectivity index (χ1v) is 9.50. The topological polar surface area (TPSA) is 9.23 Å². The summed E-state index contributed by atoms with van der Waals surface area (Å²) in [5.41, 5.74) is 1.02. The molecule has 0 unspecified atom stereocenters. The lowest BCUT2D eigenvalue weighted by Crippen LogP contribution is -1.99. The van der Waals surface area contributed by atoms with Gasteiger partial charge in [0.05, 0.1) is 5.39 Å². The summed E-state index contributed by atoms with van der Waals surface area (Å²) in [5, 5.41) is 0.0683. The molecule has 3 aromatic rings. The maximum atomic E-state index is 14.8. The van der Waals surface area contributed by atoms with E-state index in [-0.39, 0.29) is 10.9 Å². The van der Waals surface area contributed by atoms with Crippen LogP contribution >= 0.6 is 0 Å². The van der Waals surface area contributed by atoms with Gasteiger partial charge in [0.25, 0.3) is 0 Å². The van der Waals surface area contributed by atoms with Gasteiger partial charge in [-0.2, -0.15) is 0 Å². The summed E-state index contributed by atoms with van der Waals surface area (Å²) in [7, 11) is 0. The van der Waals surface area contributed by atoms with Crippen LogP contribution in [0.1, 0.15) is 31.7 Å². The van der Waals surface area contributed by atoms with Crippen LogP contribution in [0.3, 0.4) is 0 Å². The van der Waals surface area contributed by atoms with Crippen LogP contribution in [-0.2, 0) is 6.42 Å². The molecule has 0 aliphatic carbocycles. The zero-order chi connectivity index (χ0) is 20.1. The Morgan fingerprint density at radius 1 is 0.929 bits per heavy atom. The van der Waals surface area contributed by atoms with Gasteiger partial charge in [-0.15, -0.1) is 0 Å². The molecule has 0 N–H and O–H groups in total. The Morgan fingerprint density at radius 2 is 1.68 bits per heavy atom. The second-order valence-electron chi connectivity index (χ2n) is 6.77. The normalized spacial score (nSPS) is 11.0. The number of unbranched alkanes of at least 4 members (excludes halogenated alkanes) is 2. The minimum atomic E-state index is -1.14. The van der Waals surface area contributed by atoms with Crippen molar-refractivity contribution in [2.24, 2.45) is 0 Å². The lowest BCUT2D eigenvalue weighted by molar-refractivity contribution is 0.363. The molecule has 0 spiro atoms. The van der Waals surface area contributed by atoms with Crippen molar-refractivity contribution in [1.29, 1.82) is 0 Å². The SMILES string of the molecule is C=CCOc1ccc(-c2cc3ccc(CCCCC)c(F)c3c(F)c2F)cc1. The van der Waals surface area contributed by atoms with Crippen LogP contribution in [0, 0.1) is 17.5 Å². The van der Waals surface area contributed by atoms with Crippen LogP contribution in [0.4, 0.5) is 13.2 Å². The standard InChI is InChI=1S/C24H23F3O/c1-3-5-6-7-17-8-9-18-15-20(23(26)24(27)21(18)22(17)25)16-10-12-19(13-11-16)28-14-4-2/h4,8-13,15H,2-3,5-7,14H2,1H3. The lowest BCUT2D eigenvalue weighted by atomic mass is 9.96. The molecule has 0 aliphatic heterocycles. The second-order valence-corrected chi connectivity index (χ2v) is 6.77. The Balaban J connectivity index is 2.00. The molecular formula is C24H23F3O. The summed E-state index contributed by atoms with van der Waals surface area (Å²) in [6.07, 6.45) is 4.95. The van der Waals surface area contributed by atoms with Crippen LogP contribution in [-0.4, -0.2) is 6.61 Å². The fourth-order valence-corrected chi connectivity index (χ4v) is 3.28. The molecule has 0 heterocycles. The molecule has 0 atom stereocenters. The number of halogens is 3. The Kier molecular flexibility index (Phi) is 6.40. The molecule has 0 bridgehead atoms. The number of ether oxygens (including phenoxy) is 1. The van der Waals surface area contributed by atoms with E-state index in [1.165, 1.54) is 6.07 Å². The van der Waals surface area contributed by atoms with Gasteiger partial charge < -0.3 is 4.74 Å². The van der Waals surface area contributed by atoms with Crippen molar-refractivity contribution in [3.05, 3.63) is 78.1 Å². The zero-order valence-electron chi connectivity index (χ0n) is 15.9. The first kappa shape index (κ1) is 20.0. The highest BCUT2D eigenvalue weighted by Crippen LogP contribution is 2.34. The molecule has 146 valence electrons. The summed E-state index contributed by atoms with van der Waals surface area (Å²) in [5.74, 6) is -2.25. The minimum absolute atomic E-state index is 0.0957. The van der Waals surface area contributed by atoms with E-state index in [1.807, 2.05) is 0 Å². The highest BCUT2D eigenvalue weighted by molar-refractivity contribution is 5.89. The van der Waals surface area contributed by atoms with Crippen molar-refractivity contribution in [1.82, 2.24) is 0 Å². The number of aryl methyl sites for hydroxylation is 1. The van der Waals surface area contributed by atoms with E-state index in [0.717, 1.165) is 19.3 Å². The van der Waals surface area contributed by atoms with Crippen LogP contribution in [0.25, 0.3) is 21.9 Å². The Labute approximate surface area is 163 Å². The monoisotopic (exact) mass is 384 g/mol. The number of fused-ring (bicyclic) bond motifs is 1. The third-order valence-corrected chi connectivity index (χ3v) is 4.79. The Bertz CT molecular complexity index is 978. The smallest absolute Gasteiger partial charge is 0.170 e. The van der Waals surface area contributed by atoms with E-state index in [2.05, 4.69) is 13.5 Å². The van der Waals surface area contributed by atoms with Crippen LogP contribution in [0.2, 0.25) is 0 Å². The van der Waals surface area contributed by atoms with E-state index < -0.39 is 17.5 Å². The van der Waals surface area contributed by atoms with Crippen LogP contribution in [0.15, 0.2) is 55.1 Å². The molecule has 1 nitrogen and oxygen atoms in total. The molecule has 0 saturated heterocycles. The van der Waals surface area contributed by atoms with Crippen molar-refractivity contribution >= 4 is 10.8 Å². The maximum absolute atomic E-state index is 14.8. The number of hydrogen-bond donors (Lipinski definition) is 0. The third-order valence-electron chi connectivity index (χ3n) is 4.79. The Hall–Kier alpha value is -2.75. The van der Waals surface area contributed by atoms with Crippen LogP contribution < -0.4 is 4.74 Å². The summed E-state index contributed by atoms with van der Waals surface area (Å²) < 4.78 is 49.7. The van der Waals surface area contributed by atoms with Gasteiger partial charge in [-0.05, 0) is 47.6 Å². The minimum Gasteiger partial charge on any atom is -0.490 e.